The molecule has 0 spiro atoms. The summed E-state index contributed by atoms with van der Waals surface area (Å²) in [6.45, 7) is 8.18. The fraction of sp³-hybridized carbons (Fsp3) is 0.419. The minimum Gasteiger partial charge on any atom is -0.462 e. The van der Waals surface area contributed by atoms with Crippen LogP contribution in [-0.2, 0) is 9.53 Å². The summed E-state index contributed by atoms with van der Waals surface area (Å²) >= 11 is 6.01. The van der Waals surface area contributed by atoms with Gasteiger partial charge in [-0.1, -0.05) is 31.5 Å². The molecule has 9 heteroatoms. The fourth-order valence-corrected chi connectivity index (χ4v) is 5.17. The average Bonchev–Trinajstić information content (AvgIpc) is 3.39. The largest absolute Gasteiger partial charge is 0.462 e. The van der Waals surface area contributed by atoms with E-state index in [4.69, 9.17) is 21.4 Å². The Kier molecular flexibility index (Phi) is 9.63. The standard InChI is InChI=1S/C31H37ClN4O4/c1-5-21(4)36(30(38)22-12-10-20(3)11-13-22)28-27(31(39)40-6-2)19-35(34-28)26-16-14-25(15-17-26)33-29(37)23-8-7-9-24(32)18-23/h7-9,14-22H,5-6,10-13H2,1-4H3,(H,33,37). The topological polar surface area (TPSA) is 93.5 Å². The Hall–Kier alpha value is -3.65. The molecular weight excluding hydrogens is 528 g/mol. The smallest absolute Gasteiger partial charge is 0.343 e. The highest BCUT2D eigenvalue weighted by atomic mass is 35.5. The normalized spacial score (nSPS) is 17.6. The van der Waals surface area contributed by atoms with Crippen LogP contribution in [0.1, 0.15) is 80.5 Å². The number of nitrogens with zero attached hydrogens (tertiary/aromatic N) is 3. The number of esters is 1. The molecule has 0 saturated heterocycles. The molecule has 1 heterocycles. The summed E-state index contributed by atoms with van der Waals surface area (Å²) in [7, 11) is 0. The van der Waals surface area contributed by atoms with Gasteiger partial charge in [0.05, 0.1) is 12.3 Å². The number of carbonyl (C=O) groups is 3. The van der Waals surface area contributed by atoms with Gasteiger partial charge in [0, 0.05) is 34.4 Å². The molecule has 1 fully saturated rings. The maximum Gasteiger partial charge on any atom is 0.343 e. The lowest BCUT2D eigenvalue weighted by Crippen LogP contribution is -2.44. The van der Waals surface area contributed by atoms with Crippen molar-refractivity contribution >= 4 is 40.9 Å². The monoisotopic (exact) mass is 564 g/mol. The molecule has 212 valence electrons. The second-order valence-electron chi connectivity index (χ2n) is 10.5. The lowest BCUT2D eigenvalue weighted by molar-refractivity contribution is -0.124. The Morgan fingerprint density at radius 3 is 2.42 bits per heavy atom. The number of nitrogens with one attached hydrogen (secondary N) is 1. The molecule has 1 unspecified atom stereocenters. The third-order valence-corrected chi connectivity index (χ3v) is 7.76. The van der Waals surface area contributed by atoms with Gasteiger partial charge in [-0.15, -0.1) is 5.10 Å². The first kappa shape index (κ1) is 29.3. The van der Waals surface area contributed by atoms with Crippen molar-refractivity contribution in [2.75, 3.05) is 16.8 Å². The number of halogens is 1. The molecule has 1 aliphatic carbocycles. The maximum absolute atomic E-state index is 13.8. The molecule has 4 rings (SSSR count). The summed E-state index contributed by atoms with van der Waals surface area (Å²) in [6.07, 6.45) is 6.03. The van der Waals surface area contributed by atoms with Gasteiger partial charge in [-0.25, -0.2) is 9.48 Å². The van der Waals surface area contributed by atoms with E-state index in [1.165, 1.54) is 0 Å². The lowest BCUT2D eigenvalue weighted by Gasteiger charge is -2.33. The van der Waals surface area contributed by atoms with Crippen molar-refractivity contribution in [3.05, 3.63) is 70.9 Å². The molecule has 1 atom stereocenters. The maximum atomic E-state index is 13.8. The van der Waals surface area contributed by atoms with Crippen LogP contribution in [0.2, 0.25) is 5.02 Å². The van der Waals surface area contributed by atoms with E-state index in [0.717, 1.165) is 25.7 Å². The molecule has 40 heavy (non-hydrogen) atoms. The number of rotatable bonds is 9. The molecule has 2 aromatic carbocycles. The minimum absolute atomic E-state index is 0.0103. The Bertz CT molecular complexity index is 1350. The van der Waals surface area contributed by atoms with Crippen LogP contribution in [0.4, 0.5) is 11.5 Å². The second-order valence-corrected chi connectivity index (χ2v) is 10.9. The van der Waals surface area contributed by atoms with Crippen LogP contribution >= 0.6 is 11.6 Å². The van der Waals surface area contributed by atoms with E-state index < -0.39 is 5.97 Å². The molecule has 0 aliphatic heterocycles. The van der Waals surface area contributed by atoms with Gasteiger partial charge in [0.15, 0.2) is 5.82 Å². The van der Waals surface area contributed by atoms with Crippen LogP contribution in [0.25, 0.3) is 5.69 Å². The first-order chi connectivity index (χ1) is 19.2. The van der Waals surface area contributed by atoms with E-state index in [9.17, 15) is 14.4 Å². The van der Waals surface area contributed by atoms with Crippen LogP contribution in [0.5, 0.6) is 0 Å². The van der Waals surface area contributed by atoms with Crippen LogP contribution < -0.4 is 10.2 Å². The molecule has 8 nitrogen and oxygen atoms in total. The van der Waals surface area contributed by atoms with Crippen LogP contribution in [0.15, 0.2) is 54.7 Å². The molecule has 0 radical (unpaired) electrons. The van der Waals surface area contributed by atoms with E-state index in [1.54, 1.807) is 71.2 Å². The first-order valence-corrected chi connectivity index (χ1v) is 14.4. The van der Waals surface area contributed by atoms with E-state index in [-0.39, 0.29) is 35.9 Å². The number of carbonyl (C=O) groups excluding carboxylic acids is 3. The Labute approximate surface area is 240 Å². The SMILES string of the molecule is CCOC(=O)c1cn(-c2ccc(NC(=O)c3cccc(Cl)c3)cc2)nc1N(C(=O)C1CCC(C)CC1)C(C)CC. The van der Waals surface area contributed by atoms with Gasteiger partial charge in [0.2, 0.25) is 5.91 Å². The molecule has 2 amide bonds. The highest BCUT2D eigenvalue weighted by Crippen LogP contribution is 2.33. The number of hydrogen-bond acceptors (Lipinski definition) is 5. The highest BCUT2D eigenvalue weighted by molar-refractivity contribution is 6.31. The van der Waals surface area contributed by atoms with Crippen molar-refractivity contribution in [1.29, 1.82) is 0 Å². The van der Waals surface area contributed by atoms with Gasteiger partial charge in [0.1, 0.15) is 5.56 Å². The summed E-state index contributed by atoms with van der Waals surface area (Å²) in [4.78, 5) is 41.2. The number of anilines is 2. The van der Waals surface area contributed by atoms with Gasteiger partial charge in [-0.05, 0) is 94.3 Å². The summed E-state index contributed by atoms with van der Waals surface area (Å²) in [5, 5.41) is 8.09. The van der Waals surface area contributed by atoms with E-state index >= 15 is 0 Å². The number of aromatic nitrogens is 2. The van der Waals surface area contributed by atoms with Gasteiger partial charge < -0.3 is 10.1 Å². The number of benzene rings is 2. The zero-order chi connectivity index (χ0) is 28.8. The molecule has 0 bridgehead atoms. The van der Waals surface area contributed by atoms with E-state index in [1.807, 2.05) is 13.8 Å². The van der Waals surface area contributed by atoms with Crippen molar-refractivity contribution in [3.8, 4) is 5.69 Å². The molecule has 1 saturated carbocycles. The summed E-state index contributed by atoms with van der Waals surface area (Å²) in [5.41, 5.74) is 1.96. The van der Waals surface area contributed by atoms with Crippen molar-refractivity contribution in [3.63, 3.8) is 0 Å². The van der Waals surface area contributed by atoms with Crippen LogP contribution in [0.3, 0.4) is 0 Å². The number of hydrogen-bond donors (Lipinski definition) is 1. The van der Waals surface area contributed by atoms with E-state index in [2.05, 4.69) is 12.2 Å². The predicted molar refractivity (Wildman–Crippen MR) is 157 cm³/mol. The Balaban J connectivity index is 1.64. The quantitative estimate of drug-likeness (QED) is 0.285. The highest BCUT2D eigenvalue weighted by Gasteiger charge is 2.35. The summed E-state index contributed by atoms with van der Waals surface area (Å²) in [5.74, 6) is 0.0564. The number of ether oxygens (including phenoxy) is 1. The van der Waals surface area contributed by atoms with Gasteiger partial charge >= 0.3 is 5.97 Å². The number of amides is 2. The van der Waals surface area contributed by atoms with Crippen LogP contribution in [0, 0.1) is 11.8 Å². The molecule has 1 aliphatic rings. The third-order valence-electron chi connectivity index (χ3n) is 7.53. The van der Waals surface area contributed by atoms with Gasteiger partial charge in [0.25, 0.3) is 5.91 Å². The lowest BCUT2D eigenvalue weighted by atomic mass is 9.82. The Morgan fingerprint density at radius 2 is 1.80 bits per heavy atom. The van der Waals surface area contributed by atoms with Crippen molar-refractivity contribution in [2.24, 2.45) is 11.8 Å². The van der Waals surface area contributed by atoms with Crippen molar-refractivity contribution in [1.82, 2.24) is 9.78 Å². The van der Waals surface area contributed by atoms with Crippen LogP contribution in [-0.4, -0.2) is 40.2 Å². The molecular formula is C31H37ClN4O4. The molecule has 3 aromatic rings. The third kappa shape index (κ3) is 6.73. The van der Waals surface area contributed by atoms with Crippen molar-refractivity contribution < 1.29 is 19.1 Å². The summed E-state index contributed by atoms with van der Waals surface area (Å²) in [6, 6.07) is 13.7. The van der Waals surface area contributed by atoms with Crippen molar-refractivity contribution in [2.45, 2.75) is 65.8 Å². The zero-order valence-corrected chi connectivity index (χ0v) is 24.3. The average molecular weight is 565 g/mol. The van der Waals surface area contributed by atoms with E-state index in [0.29, 0.717) is 40.1 Å². The van der Waals surface area contributed by atoms with Gasteiger partial charge in [-0.2, -0.15) is 0 Å². The minimum atomic E-state index is -0.521. The zero-order valence-electron chi connectivity index (χ0n) is 23.5. The Morgan fingerprint density at radius 1 is 1.10 bits per heavy atom. The second kappa shape index (κ2) is 13.1. The van der Waals surface area contributed by atoms with Gasteiger partial charge in [-0.3, -0.25) is 14.5 Å². The predicted octanol–water partition coefficient (Wildman–Crippen LogP) is 6.91. The first-order valence-electron chi connectivity index (χ1n) is 14.0. The summed E-state index contributed by atoms with van der Waals surface area (Å²) < 4.78 is 6.93. The molecule has 1 N–H and O–H groups in total. The molecule has 1 aromatic heterocycles. The fourth-order valence-electron chi connectivity index (χ4n) is 4.97.